The SMILES string of the molecule is Oc1cccc(/C=N\n2c(-c3ccccc3Cl)n[nH]c2=S)c1. The molecule has 0 saturated carbocycles. The van der Waals surface area contributed by atoms with Gasteiger partial charge in [-0.05, 0) is 42.0 Å². The number of nitrogens with zero attached hydrogens (tertiary/aromatic N) is 3. The third-order valence-electron chi connectivity index (χ3n) is 2.96. The maximum atomic E-state index is 9.47. The van der Waals surface area contributed by atoms with Crippen LogP contribution < -0.4 is 0 Å². The molecule has 2 N–H and O–H groups in total. The van der Waals surface area contributed by atoms with Crippen molar-refractivity contribution in [1.82, 2.24) is 14.9 Å². The second-order valence-corrected chi connectivity index (χ2v) is 5.28. The first-order valence-electron chi connectivity index (χ1n) is 6.41. The van der Waals surface area contributed by atoms with Gasteiger partial charge in [-0.3, -0.25) is 0 Å². The minimum atomic E-state index is 0.172. The summed E-state index contributed by atoms with van der Waals surface area (Å²) in [5.41, 5.74) is 1.47. The minimum Gasteiger partial charge on any atom is -0.508 e. The van der Waals surface area contributed by atoms with Crippen LogP contribution in [0.2, 0.25) is 5.02 Å². The van der Waals surface area contributed by atoms with E-state index in [9.17, 15) is 5.11 Å². The highest BCUT2D eigenvalue weighted by molar-refractivity contribution is 7.71. The lowest BCUT2D eigenvalue weighted by atomic mass is 10.2. The fourth-order valence-electron chi connectivity index (χ4n) is 1.95. The highest BCUT2D eigenvalue weighted by Crippen LogP contribution is 2.25. The second kappa shape index (κ2) is 6.13. The molecule has 110 valence electrons. The fourth-order valence-corrected chi connectivity index (χ4v) is 2.34. The van der Waals surface area contributed by atoms with Crippen molar-refractivity contribution in [3.63, 3.8) is 0 Å². The van der Waals surface area contributed by atoms with Crippen LogP contribution in [0.4, 0.5) is 0 Å². The van der Waals surface area contributed by atoms with E-state index < -0.39 is 0 Å². The molecule has 0 unspecified atom stereocenters. The summed E-state index contributed by atoms with van der Waals surface area (Å²) in [5, 5.41) is 21.2. The largest absolute Gasteiger partial charge is 0.508 e. The number of halogens is 1. The molecule has 0 aliphatic rings. The Bertz CT molecular complexity index is 900. The van der Waals surface area contributed by atoms with Crippen molar-refractivity contribution >= 4 is 30.0 Å². The zero-order valence-electron chi connectivity index (χ0n) is 11.3. The van der Waals surface area contributed by atoms with Gasteiger partial charge in [-0.1, -0.05) is 35.9 Å². The van der Waals surface area contributed by atoms with Crippen molar-refractivity contribution in [3.8, 4) is 17.1 Å². The van der Waals surface area contributed by atoms with Crippen LogP contribution in [0.15, 0.2) is 53.6 Å². The summed E-state index contributed by atoms with van der Waals surface area (Å²) < 4.78 is 1.84. The molecule has 0 atom stereocenters. The van der Waals surface area contributed by atoms with E-state index >= 15 is 0 Å². The van der Waals surface area contributed by atoms with Crippen molar-refractivity contribution in [3.05, 3.63) is 63.9 Å². The zero-order valence-corrected chi connectivity index (χ0v) is 12.8. The minimum absolute atomic E-state index is 0.172. The molecule has 2 aromatic carbocycles. The molecule has 1 aromatic heterocycles. The third-order valence-corrected chi connectivity index (χ3v) is 3.55. The van der Waals surface area contributed by atoms with Gasteiger partial charge >= 0.3 is 0 Å². The van der Waals surface area contributed by atoms with Crippen LogP contribution in [0.25, 0.3) is 11.4 Å². The van der Waals surface area contributed by atoms with Crippen LogP contribution in [0.1, 0.15) is 5.56 Å². The molecule has 0 aliphatic carbocycles. The molecule has 7 heteroatoms. The average molecular weight is 331 g/mol. The van der Waals surface area contributed by atoms with E-state index in [2.05, 4.69) is 15.3 Å². The lowest BCUT2D eigenvalue weighted by Crippen LogP contribution is -1.95. The number of phenols is 1. The van der Waals surface area contributed by atoms with Crippen molar-refractivity contribution in [2.75, 3.05) is 0 Å². The second-order valence-electron chi connectivity index (χ2n) is 4.48. The molecule has 0 radical (unpaired) electrons. The molecule has 3 rings (SSSR count). The van der Waals surface area contributed by atoms with Gasteiger partial charge in [0.15, 0.2) is 5.82 Å². The van der Waals surface area contributed by atoms with Crippen LogP contribution in [0, 0.1) is 4.77 Å². The molecule has 0 amide bonds. The monoisotopic (exact) mass is 330 g/mol. The number of hydrogen-bond donors (Lipinski definition) is 2. The summed E-state index contributed by atoms with van der Waals surface area (Å²) in [7, 11) is 0. The Balaban J connectivity index is 2.04. The molecular weight excluding hydrogens is 320 g/mol. The number of benzene rings is 2. The zero-order chi connectivity index (χ0) is 15.5. The van der Waals surface area contributed by atoms with Gasteiger partial charge < -0.3 is 5.11 Å². The Morgan fingerprint density at radius 3 is 2.82 bits per heavy atom. The number of H-pyrrole nitrogens is 1. The highest BCUT2D eigenvalue weighted by Gasteiger charge is 2.11. The van der Waals surface area contributed by atoms with Crippen LogP contribution in [-0.2, 0) is 0 Å². The molecule has 1 heterocycles. The molecule has 22 heavy (non-hydrogen) atoms. The summed E-state index contributed by atoms with van der Waals surface area (Å²) in [5.74, 6) is 0.693. The average Bonchev–Trinajstić information content (AvgIpc) is 2.87. The number of rotatable bonds is 3. The van der Waals surface area contributed by atoms with Crippen molar-refractivity contribution in [2.45, 2.75) is 0 Å². The van der Waals surface area contributed by atoms with E-state index in [4.69, 9.17) is 23.8 Å². The van der Waals surface area contributed by atoms with E-state index in [0.717, 1.165) is 11.1 Å². The molecule has 0 saturated heterocycles. The lowest BCUT2D eigenvalue weighted by molar-refractivity contribution is 0.475. The molecule has 3 aromatic rings. The fraction of sp³-hybridized carbons (Fsp3) is 0. The van der Waals surface area contributed by atoms with E-state index in [1.165, 1.54) is 4.68 Å². The van der Waals surface area contributed by atoms with E-state index in [1.807, 2.05) is 24.3 Å². The number of hydrogen-bond acceptors (Lipinski definition) is 4. The Hall–Kier alpha value is -2.44. The first kappa shape index (κ1) is 14.5. The van der Waals surface area contributed by atoms with Crippen molar-refractivity contribution in [2.24, 2.45) is 5.10 Å². The van der Waals surface area contributed by atoms with Crippen LogP contribution in [0.5, 0.6) is 5.75 Å². The number of phenolic OH excluding ortho intramolecular Hbond substituents is 1. The molecule has 0 bridgehead atoms. The normalized spacial score (nSPS) is 11.1. The summed E-state index contributed by atoms with van der Waals surface area (Å²) in [6, 6.07) is 14.1. The van der Waals surface area contributed by atoms with Gasteiger partial charge in [0.2, 0.25) is 4.77 Å². The van der Waals surface area contributed by atoms with Crippen LogP contribution >= 0.6 is 23.8 Å². The molecular formula is C15H11ClN4OS. The number of aromatic hydroxyl groups is 1. The highest BCUT2D eigenvalue weighted by atomic mass is 35.5. The molecule has 5 nitrogen and oxygen atoms in total. The van der Waals surface area contributed by atoms with Gasteiger partial charge in [0.05, 0.1) is 11.2 Å². The lowest BCUT2D eigenvalue weighted by Gasteiger charge is -2.03. The number of aromatic nitrogens is 3. The first-order chi connectivity index (χ1) is 10.6. The van der Waals surface area contributed by atoms with Crippen molar-refractivity contribution < 1.29 is 5.11 Å². The van der Waals surface area contributed by atoms with Gasteiger partial charge in [-0.15, -0.1) is 0 Å². The maximum absolute atomic E-state index is 9.47. The quantitative estimate of drug-likeness (QED) is 0.566. The number of aromatic amines is 1. The summed E-state index contributed by atoms with van der Waals surface area (Å²) in [6.07, 6.45) is 1.59. The predicted octanol–water partition coefficient (Wildman–Crippen LogP) is 3.85. The Morgan fingerprint density at radius 1 is 1.23 bits per heavy atom. The van der Waals surface area contributed by atoms with Gasteiger partial charge in [-0.2, -0.15) is 14.9 Å². The van der Waals surface area contributed by atoms with Crippen LogP contribution in [-0.4, -0.2) is 26.2 Å². The van der Waals surface area contributed by atoms with E-state index in [0.29, 0.717) is 15.6 Å². The summed E-state index contributed by atoms with van der Waals surface area (Å²) >= 11 is 11.4. The first-order valence-corrected chi connectivity index (χ1v) is 7.19. The maximum Gasteiger partial charge on any atom is 0.216 e. The Morgan fingerprint density at radius 2 is 2.05 bits per heavy atom. The summed E-state index contributed by atoms with van der Waals surface area (Å²) in [4.78, 5) is 0. The third kappa shape index (κ3) is 2.93. The van der Waals surface area contributed by atoms with Gasteiger partial charge in [0.25, 0.3) is 0 Å². The standard InChI is InChI=1S/C15H11ClN4OS/c16-13-7-2-1-6-12(13)14-18-19-15(22)20(14)17-9-10-4-3-5-11(21)8-10/h1-9,21H,(H,19,22)/b17-9-. The van der Waals surface area contributed by atoms with Crippen LogP contribution in [0.3, 0.4) is 0 Å². The predicted molar refractivity (Wildman–Crippen MR) is 89.0 cm³/mol. The molecule has 0 spiro atoms. The van der Waals surface area contributed by atoms with Crippen molar-refractivity contribution in [1.29, 1.82) is 0 Å². The topological polar surface area (TPSA) is 66.2 Å². The van der Waals surface area contributed by atoms with E-state index in [-0.39, 0.29) is 5.75 Å². The molecule has 0 fully saturated rings. The smallest absolute Gasteiger partial charge is 0.216 e. The van der Waals surface area contributed by atoms with Gasteiger partial charge in [0.1, 0.15) is 5.75 Å². The molecule has 0 aliphatic heterocycles. The Kier molecular flexibility index (Phi) is 4.04. The Labute approximate surface area is 136 Å². The van der Waals surface area contributed by atoms with Gasteiger partial charge in [-0.25, -0.2) is 5.10 Å². The summed E-state index contributed by atoms with van der Waals surface area (Å²) in [6.45, 7) is 0. The van der Waals surface area contributed by atoms with Gasteiger partial charge in [0, 0.05) is 5.56 Å². The number of nitrogens with one attached hydrogen (secondary N) is 1. The van der Waals surface area contributed by atoms with E-state index in [1.54, 1.807) is 30.5 Å².